The zero-order valence-electron chi connectivity index (χ0n) is 10.9. The first-order valence-electron chi connectivity index (χ1n) is 6.28. The van der Waals surface area contributed by atoms with E-state index in [1.165, 1.54) is 11.3 Å². The molecule has 0 saturated carbocycles. The summed E-state index contributed by atoms with van der Waals surface area (Å²) in [6.45, 7) is 1.93. The number of nitrogens with zero attached hydrogens (tertiary/aromatic N) is 5. The molecule has 3 rings (SSSR count). The van der Waals surface area contributed by atoms with Gasteiger partial charge in [-0.1, -0.05) is 0 Å². The quantitative estimate of drug-likeness (QED) is 0.839. The zero-order valence-corrected chi connectivity index (χ0v) is 10.9. The Bertz CT molecular complexity index is 602. The fourth-order valence-corrected chi connectivity index (χ4v) is 2.23. The topological polar surface area (TPSA) is 67.9 Å². The van der Waals surface area contributed by atoms with Crippen LogP contribution in [0.4, 0.5) is 14.7 Å². The van der Waals surface area contributed by atoms with E-state index in [4.69, 9.17) is 4.42 Å². The van der Waals surface area contributed by atoms with Gasteiger partial charge in [-0.2, -0.15) is 0 Å². The summed E-state index contributed by atoms with van der Waals surface area (Å²) in [5, 5.41) is 7.35. The summed E-state index contributed by atoms with van der Waals surface area (Å²) in [6, 6.07) is 1.68. The number of anilines is 1. The number of piperidine rings is 1. The van der Waals surface area contributed by atoms with Gasteiger partial charge in [0.1, 0.15) is 5.69 Å². The standard InChI is InChI=1S/C12H13F2N5O/c1-8-5-9(10-18-15-7-20-10)17-11(16-8)19-4-2-3-12(13,14)6-19/h5,7H,2-4,6H2,1H3. The molecule has 1 aliphatic heterocycles. The summed E-state index contributed by atoms with van der Waals surface area (Å²) in [5.74, 6) is -2.17. The lowest BCUT2D eigenvalue weighted by Crippen LogP contribution is -2.43. The van der Waals surface area contributed by atoms with Crippen LogP contribution in [0.25, 0.3) is 11.6 Å². The van der Waals surface area contributed by atoms with Gasteiger partial charge >= 0.3 is 0 Å². The van der Waals surface area contributed by atoms with Gasteiger partial charge in [0.15, 0.2) is 0 Å². The van der Waals surface area contributed by atoms with Gasteiger partial charge in [0.05, 0.1) is 6.54 Å². The molecule has 0 amide bonds. The summed E-state index contributed by atoms with van der Waals surface area (Å²) in [4.78, 5) is 9.97. The molecule has 1 saturated heterocycles. The molecule has 0 aromatic carbocycles. The van der Waals surface area contributed by atoms with Gasteiger partial charge in [0, 0.05) is 18.7 Å². The van der Waals surface area contributed by atoms with E-state index in [1.54, 1.807) is 13.0 Å². The van der Waals surface area contributed by atoms with E-state index in [9.17, 15) is 8.78 Å². The van der Waals surface area contributed by atoms with E-state index in [0.29, 0.717) is 24.4 Å². The molecule has 2 aromatic heterocycles. The summed E-state index contributed by atoms with van der Waals surface area (Å²) < 4.78 is 32.0. The van der Waals surface area contributed by atoms with Crippen molar-refractivity contribution in [3.63, 3.8) is 0 Å². The molecule has 8 heteroatoms. The molecule has 0 spiro atoms. The first-order chi connectivity index (χ1) is 9.53. The normalized spacial score (nSPS) is 18.2. The molecule has 0 N–H and O–H groups in total. The Morgan fingerprint density at radius 2 is 2.20 bits per heavy atom. The Kier molecular flexibility index (Phi) is 3.07. The molecule has 0 unspecified atom stereocenters. The number of aryl methyl sites for hydroxylation is 1. The van der Waals surface area contributed by atoms with Gasteiger partial charge in [-0.3, -0.25) is 0 Å². The van der Waals surface area contributed by atoms with E-state index in [-0.39, 0.29) is 24.8 Å². The Morgan fingerprint density at radius 1 is 1.35 bits per heavy atom. The van der Waals surface area contributed by atoms with Crippen molar-refractivity contribution in [1.82, 2.24) is 20.2 Å². The fourth-order valence-electron chi connectivity index (χ4n) is 2.23. The van der Waals surface area contributed by atoms with Crippen LogP contribution in [0.3, 0.4) is 0 Å². The molecule has 0 atom stereocenters. The van der Waals surface area contributed by atoms with E-state index < -0.39 is 5.92 Å². The molecule has 20 heavy (non-hydrogen) atoms. The molecule has 1 fully saturated rings. The highest BCUT2D eigenvalue weighted by atomic mass is 19.3. The predicted octanol–water partition coefficient (Wildman–Crippen LogP) is 2.07. The second kappa shape index (κ2) is 4.77. The Balaban J connectivity index is 1.94. The van der Waals surface area contributed by atoms with Crippen molar-refractivity contribution in [2.24, 2.45) is 0 Å². The van der Waals surface area contributed by atoms with Gasteiger partial charge in [0.25, 0.3) is 11.8 Å². The van der Waals surface area contributed by atoms with Crippen molar-refractivity contribution in [2.45, 2.75) is 25.7 Å². The van der Waals surface area contributed by atoms with Crippen LogP contribution in [0, 0.1) is 6.92 Å². The van der Waals surface area contributed by atoms with Crippen LogP contribution in [-0.2, 0) is 0 Å². The smallest absolute Gasteiger partial charge is 0.266 e. The maximum Gasteiger partial charge on any atom is 0.266 e. The van der Waals surface area contributed by atoms with Crippen LogP contribution in [0.15, 0.2) is 16.9 Å². The summed E-state index contributed by atoms with van der Waals surface area (Å²) in [5.41, 5.74) is 1.11. The van der Waals surface area contributed by atoms with Crippen LogP contribution in [-0.4, -0.2) is 39.2 Å². The van der Waals surface area contributed by atoms with Crippen LogP contribution in [0.1, 0.15) is 18.5 Å². The number of halogens is 2. The van der Waals surface area contributed by atoms with Gasteiger partial charge in [-0.15, -0.1) is 10.2 Å². The molecular formula is C12H13F2N5O. The Labute approximate surface area is 113 Å². The van der Waals surface area contributed by atoms with E-state index >= 15 is 0 Å². The minimum absolute atomic E-state index is 0.0914. The van der Waals surface area contributed by atoms with Gasteiger partial charge in [-0.25, -0.2) is 18.7 Å². The first kappa shape index (κ1) is 12.9. The molecule has 106 valence electrons. The average Bonchev–Trinajstić information content (AvgIpc) is 2.90. The van der Waals surface area contributed by atoms with Crippen LogP contribution < -0.4 is 4.90 Å². The minimum atomic E-state index is -2.70. The number of hydrogen-bond donors (Lipinski definition) is 0. The van der Waals surface area contributed by atoms with E-state index in [0.717, 1.165) is 0 Å². The van der Waals surface area contributed by atoms with Crippen molar-refractivity contribution in [1.29, 1.82) is 0 Å². The van der Waals surface area contributed by atoms with Crippen molar-refractivity contribution in [2.75, 3.05) is 18.0 Å². The largest absolute Gasteiger partial charge is 0.422 e. The SMILES string of the molecule is Cc1cc(-c2nnco2)nc(N2CCCC(F)(F)C2)n1. The van der Waals surface area contributed by atoms with Gasteiger partial charge in [0.2, 0.25) is 12.3 Å². The molecule has 6 nitrogen and oxygen atoms in total. The summed E-state index contributed by atoms with van der Waals surface area (Å²) in [7, 11) is 0. The molecule has 2 aromatic rings. The molecule has 0 bridgehead atoms. The third kappa shape index (κ3) is 2.59. The zero-order chi connectivity index (χ0) is 14.2. The molecule has 0 aliphatic carbocycles. The monoisotopic (exact) mass is 281 g/mol. The Hall–Kier alpha value is -2.12. The third-order valence-corrected chi connectivity index (χ3v) is 3.10. The number of alkyl halides is 2. The van der Waals surface area contributed by atoms with E-state index in [2.05, 4.69) is 20.2 Å². The lowest BCUT2D eigenvalue weighted by molar-refractivity contribution is -0.0120. The second-order valence-corrected chi connectivity index (χ2v) is 4.82. The molecule has 3 heterocycles. The fraction of sp³-hybridized carbons (Fsp3) is 0.500. The summed E-state index contributed by atoms with van der Waals surface area (Å²) in [6.07, 6.45) is 1.52. The van der Waals surface area contributed by atoms with Crippen molar-refractivity contribution in [3.8, 4) is 11.6 Å². The number of hydrogen-bond acceptors (Lipinski definition) is 6. The van der Waals surface area contributed by atoms with Crippen molar-refractivity contribution < 1.29 is 13.2 Å². The molecule has 1 aliphatic rings. The highest BCUT2D eigenvalue weighted by Crippen LogP contribution is 2.29. The highest BCUT2D eigenvalue weighted by Gasteiger charge is 2.36. The highest BCUT2D eigenvalue weighted by molar-refractivity contribution is 5.50. The van der Waals surface area contributed by atoms with E-state index in [1.807, 2.05) is 0 Å². The van der Waals surface area contributed by atoms with Crippen LogP contribution >= 0.6 is 0 Å². The van der Waals surface area contributed by atoms with Crippen LogP contribution in [0.5, 0.6) is 0 Å². The minimum Gasteiger partial charge on any atom is -0.422 e. The van der Waals surface area contributed by atoms with Gasteiger partial charge < -0.3 is 9.32 Å². The maximum absolute atomic E-state index is 13.5. The first-order valence-corrected chi connectivity index (χ1v) is 6.28. The third-order valence-electron chi connectivity index (χ3n) is 3.10. The van der Waals surface area contributed by atoms with Crippen molar-refractivity contribution >= 4 is 5.95 Å². The lowest BCUT2D eigenvalue weighted by Gasteiger charge is -2.32. The molecular weight excluding hydrogens is 268 g/mol. The Morgan fingerprint density at radius 3 is 2.90 bits per heavy atom. The second-order valence-electron chi connectivity index (χ2n) is 4.82. The van der Waals surface area contributed by atoms with Crippen molar-refractivity contribution in [3.05, 3.63) is 18.2 Å². The summed E-state index contributed by atoms with van der Waals surface area (Å²) >= 11 is 0. The molecule has 0 radical (unpaired) electrons. The maximum atomic E-state index is 13.5. The predicted molar refractivity (Wildman–Crippen MR) is 66.5 cm³/mol. The average molecular weight is 281 g/mol. The number of rotatable bonds is 2. The van der Waals surface area contributed by atoms with Crippen LogP contribution in [0.2, 0.25) is 0 Å². The van der Waals surface area contributed by atoms with Gasteiger partial charge in [-0.05, 0) is 19.4 Å². The lowest BCUT2D eigenvalue weighted by atomic mass is 10.1. The number of aromatic nitrogens is 4.